The number of ether oxygens (including phenoxy) is 5. The SMILES string of the molecule is CC(=O)C1Cc2c[c-]ccc2O1.CCOc1cc[c-]cc1C=O.CCOc1cc[c-]cc1CCl.CCOc1cc[c-]cc1CO.OCC1Cc2c[c-]ccc2O1.[Y].[Y].[Y].[Y].[Y]. The van der Waals surface area contributed by atoms with Crippen molar-refractivity contribution < 1.29 is 207 Å². The average Bonchev–Trinajstić information content (AvgIpc) is 3.88. The van der Waals surface area contributed by atoms with Gasteiger partial charge in [0.2, 0.25) is 0 Å². The Labute approximate surface area is 492 Å². The Morgan fingerprint density at radius 2 is 1.11 bits per heavy atom. The van der Waals surface area contributed by atoms with Gasteiger partial charge in [0.1, 0.15) is 12.2 Å². The van der Waals surface area contributed by atoms with Gasteiger partial charge in [-0.05, 0) is 40.5 Å². The first-order valence-electron chi connectivity index (χ1n) is 18.2. The van der Waals surface area contributed by atoms with Crippen molar-refractivity contribution in [2.45, 2.75) is 65.2 Å². The van der Waals surface area contributed by atoms with Gasteiger partial charge in [-0.2, -0.15) is 91.0 Å². The number of ketones is 1. The van der Waals surface area contributed by atoms with Crippen molar-refractivity contribution in [2.24, 2.45) is 0 Å². The second-order valence-corrected chi connectivity index (χ2v) is 12.1. The van der Waals surface area contributed by atoms with Gasteiger partial charge < -0.3 is 38.7 Å². The molecule has 15 heteroatoms. The number of rotatable bonds is 11. The number of alkyl halides is 1. The molecule has 5 radical (unpaired) electrons. The molecule has 2 aliphatic heterocycles. The molecule has 0 aromatic heterocycles. The molecule has 5 aromatic rings. The maximum absolute atomic E-state index is 11.0. The number of halogens is 1. The predicted octanol–water partition coefficient (Wildman–Crippen LogP) is 7.85. The van der Waals surface area contributed by atoms with Crippen molar-refractivity contribution in [1.29, 1.82) is 0 Å². The standard InChI is InChI=1S/C10H9O2.C9H10ClO.C9H9O2.C9H11O2.C9H9O2.5Y/c1-7(11)10-6-8-4-2-3-5-9(8)12-10;1-2-11-9-6-4-3-5-8(9)7-10;10-6-8-5-7-3-1-2-4-9(7)11-8;2*1-2-11-9-6-4-3-5-8(9)7-10;;;;;/h3-5,10H,6H2,1H3;4-6H,2,7H2,1H3;2-4,8,10H,5-6H2;4-6,10H,2,7H2,1H3;4-7H,2H2,1H3;;;;;/q5*-1;;;;;. The zero-order valence-electron chi connectivity index (χ0n) is 35.1. The van der Waals surface area contributed by atoms with E-state index in [4.69, 9.17) is 45.5 Å². The van der Waals surface area contributed by atoms with Gasteiger partial charge in [-0.1, -0.05) is 11.1 Å². The van der Waals surface area contributed by atoms with Crippen molar-refractivity contribution >= 4 is 23.7 Å². The minimum absolute atomic E-state index is 0. The average molecular weight is 1220 g/mol. The Balaban J connectivity index is -0.000000676. The first-order chi connectivity index (χ1) is 27.3. The van der Waals surface area contributed by atoms with Gasteiger partial charge in [0.15, 0.2) is 5.78 Å². The van der Waals surface area contributed by atoms with E-state index >= 15 is 0 Å². The van der Waals surface area contributed by atoms with E-state index in [1.54, 1.807) is 49.4 Å². The largest absolute Gasteiger partial charge is 0.519 e. The van der Waals surface area contributed by atoms with Gasteiger partial charge in [0.25, 0.3) is 0 Å². The number of aldehydes is 1. The van der Waals surface area contributed by atoms with Crippen LogP contribution in [0.2, 0.25) is 0 Å². The third-order valence-corrected chi connectivity index (χ3v) is 8.18. The van der Waals surface area contributed by atoms with Gasteiger partial charge in [-0.3, -0.25) is 4.79 Å². The Kier molecular flexibility index (Phi) is 42.2. The van der Waals surface area contributed by atoms with Crippen LogP contribution in [0.3, 0.4) is 0 Å². The van der Waals surface area contributed by atoms with E-state index in [0.29, 0.717) is 43.4 Å². The summed E-state index contributed by atoms with van der Waals surface area (Å²) in [6, 6.07) is 41.6. The fraction of sp³-hybridized carbons (Fsp3) is 0.304. The van der Waals surface area contributed by atoms with Crippen LogP contribution in [0, 0.1) is 30.3 Å². The first kappa shape index (κ1) is 65.4. The molecule has 0 aliphatic carbocycles. The fourth-order valence-electron chi connectivity index (χ4n) is 5.17. The van der Waals surface area contributed by atoms with Crippen LogP contribution in [0.15, 0.2) is 91.0 Å². The minimum atomic E-state index is -0.268. The number of hydrogen-bond acceptors (Lipinski definition) is 9. The summed E-state index contributed by atoms with van der Waals surface area (Å²) in [6.45, 7) is 9.27. The monoisotopic (exact) mass is 1220 g/mol. The number of carbonyl (C=O) groups is 2. The number of Topliss-reactive ketones (excluding diaryl/α,β-unsaturated/α-hetero) is 1. The predicted molar refractivity (Wildman–Crippen MR) is 215 cm³/mol. The molecule has 7 rings (SSSR count). The number of aliphatic hydroxyl groups excluding tert-OH is 2. The normalized spacial score (nSPS) is 12.8. The molecular formula is C46H48ClO9Y5-5. The van der Waals surface area contributed by atoms with E-state index in [9.17, 15) is 9.59 Å². The number of fused-ring (bicyclic) bond motifs is 2. The maximum Gasteiger partial charge on any atom is 0.169 e. The van der Waals surface area contributed by atoms with Gasteiger partial charge in [0, 0.05) is 205 Å². The molecule has 2 aliphatic rings. The second kappa shape index (κ2) is 39.3. The fourth-order valence-corrected chi connectivity index (χ4v) is 5.38. The van der Waals surface area contributed by atoms with E-state index < -0.39 is 0 Å². The number of carbonyl (C=O) groups excluding carboxylic acids is 2. The van der Waals surface area contributed by atoms with Crippen LogP contribution in [0.4, 0.5) is 0 Å². The summed E-state index contributed by atoms with van der Waals surface area (Å²) >= 11 is 5.67. The Morgan fingerprint density at radius 1 is 0.672 bits per heavy atom. The summed E-state index contributed by atoms with van der Waals surface area (Å²) in [6.07, 6.45) is 1.96. The van der Waals surface area contributed by atoms with E-state index in [-0.39, 0.29) is 195 Å². The number of aliphatic hydroxyl groups is 2. The van der Waals surface area contributed by atoms with Crippen LogP contribution in [0.1, 0.15) is 60.3 Å². The topological polar surface area (TPSA) is 121 Å². The Hall–Kier alpha value is 0.169. The molecule has 2 N–H and O–H groups in total. The third kappa shape index (κ3) is 24.0. The zero-order chi connectivity index (χ0) is 40.5. The van der Waals surface area contributed by atoms with Crippen molar-refractivity contribution in [3.63, 3.8) is 0 Å². The van der Waals surface area contributed by atoms with Crippen LogP contribution in [-0.4, -0.2) is 60.9 Å². The molecule has 5 aromatic carbocycles. The minimum Gasteiger partial charge on any atom is -0.519 e. The molecule has 2 unspecified atom stereocenters. The van der Waals surface area contributed by atoms with Crippen LogP contribution in [-0.2, 0) is 194 Å². The molecule has 0 amide bonds. The van der Waals surface area contributed by atoms with E-state index in [1.165, 1.54) is 0 Å². The zero-order valence-corrected chi connectivity index (χ0v) is 50.0. The molecule has 0 fully saturated rings. The Morgan fingerprint density at radius 3 is 1.57 bits per heavy atom. The molecule has 2 heterocycles. The summed E-state index contributed by atoms with van der Waals surface area (Å²) in [7, 11) is 0. The smallest absolute Gasteiger partial charge is 0.169 e. The molecule has 9 nitrogen and oxygen atoms in total. The van der Waals surface area contributed by atoms with Crippen molar-refractivity contribution in [1.82, 2.24) is 0 Å². The number of hydrogen-bond donors (Lipinski definition) is 2. The van der Waals surface area contributed by atoms with Crippen LogP contribution in [0.5, 0.6) is 28.7 Å². The molecule has 0 spiro atoms. The van der Waals surface area contributed by atoms with Gasteiger partial charge >= 0.3 is 0 Å². The summed E-state index contributed by atoms with van der Waals surface area (Å²) in [5, 5.41) is 17.6. The van der Waals surface area contributed by atoms with Crippen LogP contribution in [0.25, 0.3) is 0 Å². The molecular weight excluding hydrogens is 1180 g/mol. The summed E-state index contributed by atoms with van der Waals surface area (Å²) in [5.74, 6) is 4.52. The van der Waals surface area contributed by atoms with E-state index in [0.717, 1.165) is 58.0 Å². The first-order valence-corrected chi connectivity index (χ1v) is 18.8. The van der Waals surface area contributed by atoms with Gasteiger partial charge in [-0.15, -0.1) is 58.6 Å². The van der Waals surface area contributed by atoms with Crippen LogP contribution < -0.4 is 23.7 Å². The molecule has 313 valence electrons. The summed E-state index contributed by atoms with van der Waals surface area (Å²) < 4.78 is 26.5. The molecule has 0 bridgehead atoms. The summed E-state index contributed by atoms with van der Waals surface area (Å²) in [5.41, 5.74) is 4.56. The van der Waals surface area contributed by atoms with Gasteiger partial charge in [-0.25, -0.2) is 0 Å². The Bertz CT molecular complexity index is 1820. The molecule has 0 saturated carbocycles. The van der Waals surface area contributed by atoms with E-state index in [2.05, 4.69) is 30.3 Å². The third-order valence-electron chi connectivity index (χ3n) is 7.89. The van der Waals surface area contributed by atoms with E-state index in [1.807, 2.05) is 69.3 Å². The van der Waals surface area contributed by atoms with Crippen LogP contribution >= 0.6 is 11.6 Å². The quantitative estimate of drug-likeness (QED) is 0.0775. The second-order valence-electron chi connectivity index (χ2n) is 11.9. The molecule has 61 heavy (non-hydrogen) atoms. The van der Waals surface area contributed by atoms with Crippen molar-refractivity contribution in [2.75, 3.05) is 26.4 Å². The van der Waals surface area contributed by atoms with Crippen molar-refractivity contribution in [3.05, 3.63) is 149 Å². The molecule has 2 atom stereocenters. The maximum atomic E-state index is 11.0. The number of benzene rings is 5. The van der Waals surface area contributed by atoms with Crippen molar-refractivity contribution in [3.8, 4) is 28.7 Å². The van der Waals surface area contributed by atoms with Gasteiger partial charge in [0.05, 0.1) is 32.7 Å². The summed E-state index contributed by atoms with van der Waals surface area (Å²) in [4.78, 5) is 21.4. The molecule has 0 saturated heterocycles.